The number of hydrogen-bond acceptors (Lipinski definition) is 3. The van der Waals surface area contributed by atoms with Gasteiger partial charge in [0.05, 0.1) is 17.7 Å². The van der Waals surface area contributed by atoms with E-state index < -0.39 is 5.54 Å². The second-order valence-electron chi connectivity index (χ2n) is 4.75. The minimum Gasteiger partial charge on any atom is -0.394 e. The Morgan fingerprint density at radius 3 is 2.50 bits per heavy atom. The predicted octanol–water partition coefficient (Wildman–Crippen LogP) is 1.01. The molecule has 0 aliphatic rings. The van der Waals surface area contributed by atoms with E-state index in [1.165, 1.54) is 18.3 Å². The van der Waals surface area contributed by atoms with Crippen molar-refractivity contribution >= 4 is 5.91 Å². The molecule has 1 amide bonds. The van der Waals surface area contributed by atoms with E-state index in [1.54, 1.807) is 6.92 Å². The van der Waals surface area contributed by atoms with Gasteiger partial charge in [-0.3, -0.25) is 9.59 Å². The number of aliphatic hydroxyl groups excluding tert-OH is 1. The van der Waals surface area contributed by atoms with Crippen molar-refractivity contribution in [2.24, 2.45) is 0 Å². The molecule has 5 nitrogen and oxygen atoms in total. The summed E-state index contributed by atoms with van der Waals surface area (Å²) in [5, 5.41) is 12.4. The van der Waals surface area contributed by atoms with E-state index in [0.29, 0.717) is 5.56 Å². The van der Waals surface area contributed by atoms with Crippen LogP contribution in [-0.2, 0) is 5.54 Å². The Morgan fingerprint density at radius 1 is 1.25 bits per heavy atom. The zero-order valence-corrected chi connectivity index (χ0v) is 11.1. The van der Waals surface area contributed by atoms with Crippen molar-refractivity contribution < 1.29 is 9.90 Å². The summed E-state index contributed by atoms with van der Waals surface area (Å²) in [6.07, 6.45) is 1.35. The highest BCUT2D eigenvalue weighted by atomic mass is 16.3. The van der Waals surface area contributed by atoms with Gasteiger partial charge in [0.25, 0.3) is 5.91 Å². The lowest BCUT2D eigenvalue weighted by molar-refractivity contribution is 0.0849. The Labute approximate surface area is 116 Å². The molecule has 2 aromatic rings. The Balaban J connectivity index is 2.24. The number of amides is 1. The average Bonchev–Trinajstić information content (AvgIpc) is 2.48. The molecule has 0 aliphatic carbocycles. The van der Waals surface area contributed by atoms with Gasteiger partial charge in [0.2, 0.25) is 5.56 Å². The number of carbonyl (C=O) groups excluding carboxylic acids is 1. The molecule has 0 radical (unpaired) electrons. The molecule has 0 saturated heterocycles. The molecule has 1 aromatic carbocycles. The zero-order chi connectivity index (χ0) is 14.6. The third kappa shape index (κ3) is 2.95. The summed E-state index contributed by atoms with van der Waals surface area (Å²) in [6.45, 7) is 1.51. The molecule has 104 valence electrons. The Hall–Kier alpha value is -2.40. The fourth-order valence-electron chi connectivity index (χ4n) is 1.88. The van der Waals surface area contributed by atoms with Gasteiger partial charge in [0.15, 0.2) is 0 Å². The molecule has 0 fully saturated rings. The van der Waals surface area contributed by atoms with Crippen molar-refractivity contribution in [2.45, 2.75) is 12.5 Å². The van der Waals surface area contributed by atoms with Crippen molar-refractivity contribution in [3.05, 3.63) is 70.1 Å². The normalized spacial score (nSPS) is 13.5. The molecule has 5 heteroatoms. The monoisotopic (exact) mass is 272 g/mol. The lowest BCUT2D eigenvalue weighted by Gasteiger charge is -2.29. The standard InChI is InChI=1S/C15H16N2O3/c1-15(10-18,12-5-3-2-4-6-12)17-14(20)11-7-8-13(19)16-9-11/h2-9,18H,10H2,1H3,(H,16,19)(H,17,20). The van der Waals surface area contributed by atoms with Gasteiger partial charge in [-0.25, -0.2) is 0 Å². The molecular weight excluding hydrogens is 256 g/mol. The van der Waals surface area contributed by atoms with Crippen LogP contribution in [0.25, 0.3) is 0 Å². The summed E-state index contributed by atoms with van der Waals surface area (Å²) >= 11 is 0. The highest BCUT2D eigenvalue weighted by molar-refractivity contribution is 5.94. The van der Waals surface area contributed by atoms with Crippen LogP contribution in [0.4, 0.5) is 0 Å². The van der Waals surface area contributed by atoms with Crippen LogP contribution in [0.1, 0.15) is 22.8 Å². The summed E-state index contributed by atoms with van der Waals surface area (Å²) < 4.78 is 0. The number of benzene rings is 1. The summed E-state index contributed by atoms with van der Waals surface area (Å²) in [7, 11) is 0. The van der Waals surface area contributed by atoms with E-state index >= 15 is 0 Å². The van der Waals surface area contributed by atoms with Gasteiger partial charge in [-0.05, 0) is 18.6 Å². The second kappa shape index (κ2) is 5.71. The molecule has 1 unspecified atom stereocenters. The van der Waals surface area contributed by atoms with E-state index in [1.807, 2.05) is 30.3 Å². The molecule has 2 rings (SSSR count). The SMILES string of the molecule is CC(CO)(NC(=O)c1ccc(=O)[nH]c1)c1ccccc1. The highest BCUT2D eigenvalue weighted by Gasteiger charge is 2.28. The Kier molecular flexibility index (Phi) is 4.00. The number of pyridine rings is 1. The minimum absolute atomic E-state index is 0.230. The van der Waals surface area contributed by atoms with Crippen molar-refractivity contribution in [3.8, 4) is 0 Å². The maximum Gasteiger partial charge on any atom is 0.253 e. The summed E-state index contributed by atoms with van der Waals surface area (Å²) in [6, 6.07) is 12.0. The molecule has 0 bridgehead atoms. The van der Waals surface area contributed by atoms with Gasteiger partial charge in [-0.15, -0.1) is 0 Å². The lowest BCUT2D eigenvalue weighted by Crippen LogP contribution is -2.46. The predicted molar refractivity (Wildman–Crippen MR) is 75.4 cm³/mol. The molecule has 1 aromatic heterocycles. The fraction of sp³-hybridized carbons (Fsp3) is 0.200. The van der Waals surface area contributed by atoms with Crippen LogP contribution in [0, 0.1) is 0 Å². The number of aliphatic hydroxyl groups is 1. The van der Waals surface area contributed by atoms with Gasteiger partial charge in [-0.1, -0.05) is 30.3 Å². The van der Waals surface area contributed by atoms with E-state index in [9.17, 15) is 14.7 Å². The summed E-state index contributed by atoms with van der Waals surface area (Å²) in [5.74, 6) is -0.360. The number of H-pyrrole nitrogens is 1. The zero-order valence-electron chi connectivity index (χ0n) is 11.1. The number of carbonyl (C=O) groups is 1. The molecule has 0 aliphatic heterocycles. The van der Waals surface area contributed by atoms with Crippen LogP contribution in [-0.4, -0.2) is 22.6 Å². The highest BCUT2D eigenvalue weighted by Crippen LogP contribution is 2.20. The van der Waals surface area contributed by atoms with Crippen molar-refractivity contribution in [2.75, 3.05) is 6.61 Å². The minimum atomic E-state index is -0.880. The maximum atomic E-state index is 12.2. The van der Waals surface area contributed by atoms with Gasteiger partial charge < -0.3 is 15.4 Å². The first kappa shape index (κ1) is 14.0. The second-order valence-corrected chi connectivity index (χ2v) is 4.75. The van der Waals surface area contributed by atoms with Crippen molar-refractivity contribution in [1.82, 2.24) is 10.3 Å². The summed E-state index contributed by atoms with van der Waals surface area (Å²) in [5.41, 5.74) is -0.0101. The van der Waals surface area contributed by atoms with E-state index in [2.05, 4.69) is 10.3 Å². The third-order valence-electron chi connectivity index (χ3n) is 3.16. The van der Waals surface area contributed by atoms with Crippen LogP contribution >= 0.6 is 0 Å². The molecule has 1 atom stereocenters. The smallest absolute Gasteiger partial charge is 0.253 e. The fourth-order valence-corrected chi connectivity index (χ4v) is 1.88. The quantitative estimate of drug-likeness (QED) is 0.777. The maximum absolute atomic E-state index is 12.2. The van der Waals surface area contributed by atoms with E-state index in [4.69, 9.17) is 0 Å². The average molecular weight is 272 g/mol. The van der Waals surface area contributed by atoms with Crippen molar-refractivity contribution in [1.29, 1.82) is 0 Å². The third-order valence-corrected chi connectivity index (χ3v) is 3.16. The first-order chi connectivity index (χ1) is 9.55. The van der Waals surface area contributed by atoms with Crippen LogP contribution in [0.2, 0.25) is 0 Å². The van der Waals surface area contributed by atoms with Crippen LogP contribution in [0.3, 0.4) is 0 Å². The van der Waals surface area contributed by atoms with E-state index in [0.717, 1.165) is 5.56 Å². The van der Waals surface area contributed by atoms with Crippen molar-refractivity contribution in [3.63, 3.8) is 0 Å². The number of aromatic nitrogens is 1. The number of aromatic amines is 1. The molecule has 0 saturated carbocycles. The largest absolute Gasteiger partial charge is 0.394 e. The molecular formula is C15H16N2O3. The molecule has 20 heavy (non-hydrogen) atoms. The first-order valence-electron chi connectivity index (χ1n) is 6.23. The molecule has 1 heterocycles. The Morgan fingerprint density at radius 2 is 1.95 bits per heavy atom. The van der Waals surface area contributed by atoms with Gasteiger partial charge in [-0.2, -0.15) is 0 Å². The van der Waals surface area contributed by atoms with Crippen LogP contribution < -0.4 is 10.9 Å². The topological polar surface area (TPSA) is 82.2 Å². The van der Waals surface area contributed by atoms with E-state index in [-0.39, 0.29) is 18.1 Å². The molecule has 0 spiro atoms. The summed E-state index contributed by atoms with van der Waals surface area (Å²) in [4.78, 5) is 25.6. The molecule has 3 N–H and O–H groups in total. The Bertz CT molecular complexity index is 631. The van der Waals surface area contributed by atoms with Gasteiger partial charge in [0, 0.05) is 12.3 Å². The number of nitrogens with one attached hydrogen (secondary N) is 2. The van der Waals surface area contributed by atoms with Crippen LogP contribution in [0.5, 0.6) is 0 Å². The number of rotatable bonds is 4. The van der Waals surface area contributed by atoms with Crippen LogP contribution in [0.15, 0.2) is 53.5 Å². The number of hydrogen-bond donors (Lipinski definition) is 3. The first-order valence-corrected chi connectivity index (χ1v) is 6.23. The van der Waals surface area contributed by atoms with Gasteiger partial charge in [0.1, 0.15) is 0 Å². The van der Waals surface area contributed by atoms with Gasteiger partial charge >= 0.3 is 0 Å². The lowest BCUT2D eigenvalue weighted by atomic mass is 9.92.